The van der Waals surface area contributed by atoms with Gasteiger partial charge in [0.05, 0.1) is 11.9 Å². The summed E-state index contributed by atoms with van der Waals surface area (Å²) < 4.78 is 4.97. The molecular formula is C11H15NO3S. The highest BCUT2D eigenvalue weighted by Crippen LogP contribution is 2.26. The summed E-state index contributed by atoms with van der Waals surface area (Å²) in [5, 5.41) is 12.9. The van der Waals surface area contributed by atoms with Gasteiger partial charge in [0, 0.05) is 6.54 Å². The number of furan rings is 1. The summed E-state index contributed by atoms with van der Waals surface area (Å²) in [5.74, 6) is 1.92. The van der Waals surface area contributed by atoms with E-state index in [1.54, 1.807) is 12.1 Å². The Hall–Kier alpha value is -0.940. The smallest absolute Gasteiger partial charge is 0.287 e. The summed E-state index contributed by atoms with van der Waals surface area (Å²) >= 11 is 1.84. The minimum atomic E-state index is -0.743. The number of nitrogens with one attached hydrogen (secondary N) is 1. The molecule has 0 spiro atoms. The van der Waals surface area contributed by atoms with Crippen LogP contribution in [0.1, 0.15) is 23.4 Å². The molecule has 1 aliphatic heterocycles. The van der Waals surface area contributed by atoms with Gasteiger partial charge in [-0.15, -0.1) is 0 Å². The van der Waals surface area contributed by atoms with Gasteiger partial charge in [-0.05, 0) is 36.5 Å². The van der Waals surface area contributed by atoms with Crippen LogP contribution in [-0.4, -0.2) is 34.7 Å². The van der Waals surface area contributed by atoms with Crippen molar-refractivity contribution in [3.05, 3.63) is 24.2 Å². The first-order valence-corrected chi connectivity index (χ1v) is 6.47. The average molecular weight is 241 g/mol. The van der Waals surface area contributed by atoms with Gasteiger partial charge in [0.15, 0.2) is 5.76 Å². The molecule has 4 nitrogen and oxygen atoms in total. The summed E-state index contributed by atoms with van der Waals surface area (Å²) in [6.45, 7) is 0.299. The molecule has 2 rings (SSSR count). The maximum Gasteiger partial charge on any atom is 0.287 e. The van der Waals surface area contributed by atoms with Gasteiger partial charge in [0.2, 0.25) is 0 Å². The van der Waals surface area contributed by atoms with E-state index >= 15 is 0 Å². The molecule has 0 saturated carbocycles. The standard InChI is InChI=1S/C11H15NO3S/c13-10(9-2-1-5-15-9)12-8-11(14)3-6-16-7-4-11/h1-2,5,14H,3-4,6-8H2,(H,12,13). The third-order valence-electron chi connectivity index (χ3n) is 2.75. The highest BCUT2D eigenvalue weighted by atomic mass is 32.2. The molecule has 0 unspecified atom stereocenters. The van der Waals surface area contributed by atoms with Crippen molar-refractivity contribution in [1.82, 2.24) is 5.32 Å². The number of aliphatic hydroxyl groups is 1. The van der Waals surface area contributed by atoms with Crippen LogP contribution in [-0.2, 0) is 0 Å². The van der Waals surface area contributed by atoms with E-state index in [1.165, 1.54) is 6.26 Å². The van der Waals surface area contributed by atoms with E-state index in [4.69, 9.17) is 4.42 Å². The van der Waals surface area contributed by atoms with E-state index in [0.717, 1.165) is 24.3 Å². The van der Waals surface area contributed by atoms with E-state index in [1.807, 2.05) is 11.8 Å². The maximum atomic E-state index is 11.6. The molecule has 0 aliphatic carbocycles. The predicted molar refractivity (Wildman–Crippen MR) is 62.6 cm³/mol. The Morgan fingerprint density at radius 1 is 1.56 bits per heavy atom. The van der Waals surface area contributed by atoms with Crippen molar-refractivity contribution in [3.8, 4) is 0 Å². The number of amides is 1. The Morgan fingerprint density at radius 3 is 2.94 bits per heavy atom. The zero-order valence-electron chi connectivity index (χ0n) is 8.94. The van der Waals surface area contributed by atoms with Gasteiger partial charge < -0.3 is 14.8 Å². The minimum Gasteiger partial charge on any atom is -0.459 e. The van der Waals surface area contributed by atoms with Gasteiger partial charge in [-0.1, -0.05) is 0 Å². The van der Waals surface area contributed by atoms with E-state index in [-0.39, 0.29) is 11.7 Å². The molecule has 1 saturated heterocycles. The topological polar surface area (TPSA) is 62.5 Å². The van der Waals surface area contributed by atoms with Crippen molar-refractivity contribution in [1.29, 1.82) is 0 Å². The molecule has 1 aromatic heterocycles. The Balaban J connectivity index is 1.84. The quantitative estimate of drug-likeness (QED) is 0.836. The summed E-state index contributed by atoms with van der Waals surface area (Å²) in [5.41, 5.74) is -0.743. The Morgan fingerprint density at radius 2 is 2.31 bits per heavy atom. The van der Waals surface area contributed by atoms with Crippen molar-refractivity contribution in [2.75, 3.05) is 18.1 Å². The Kier molecular flexibility index (Phi) is 3.56. The van der Waals surface area contributed by atoms with Crippen LogP contribution in [0.4, 0.5) is 0 Å². The van der Waals surface area contributed by atoms with Crippen LogP contribution in [0.2, 0.25) is 0 Å². The Labute approximate surface area is 98.4 Å². The zero-order valence-corrected chi connectivity index (χ0v) is 9.76. The second-order valence-electron chi connectivity index (χ2n) is 4.00. The van der Waals surface area contributed by atoms with Gasteiger partial charge >= 0.3 is 0 Å². The van der Waals surface area contributed by atoms with E-state index in [0.29, 0.717) is 6.54 Å². The van der Waals surface area contributed by atoms with Crippen molar-refractivity contribution >= 4 is 17.7 Å². The van der Waals surface area contributed by atoms with E-state index in [2.05, 4.69) is 5.32 Å². The Bertz CT molecular complexity index is 344. The number of hydrogen-bond donors (Lipinski definition) is 2. The normalized spacial score (nSPS) is 19.3. The largest absolute Gasteiger partial charge is 0.459 e. The maximum absolute atomic E-state index is 11.6. The summed E-state index contributed by atoms with van der Waals surface area (Å²) in [6.07, 6.45) is 2.92. The van der Waals surface area contributed by atoms with Gasteiger partial charge in [0.1, 0.15) is 0 Å². The second-order valence-corrected chi connectivity index (χ2v) is 5.22. The zero-order chi connectivity index (χ0) is 11.4. The molecule has 0 atom stereocenters. The fraction of sp³-hybridized carbons (Fsp3) is 0.545. The van der Waals surface area contributed by atoms with E-state index in [9.17, 15) is 9.90 Å². The third-order valence-corrected chi connectivity index (χ3v) is 3.73. The molecule has 0 aromatic carbocycles. The van der Waals surface area contributed by atoms with Gasteiger partial charge in [-0.2, -0.15) is 11.8 Å². The average Bonchev–Trinajstić information content (AvgIpc) is 2.80. The SMILES string of the molecule is O=C(NCC1(O)CCSCC1)c1ccco1. The number of thioether (sulfide) groups is 1. The van der Waals surface area contributed by atoms with Crippen molar-refractivity contribution < 1.29 is 14.3 Å². The van der Waals surface area contributed by atoms with Crippen LogP contribution in [0.25, 0.3) is 0 Å². The first-order chi connectivity index (χ1) is 7.70. The fourth-order valence-corrected chi connectivity index (χ4v) is 2.92. The van der Waals surface area contributed by atoms with Crippen molar-refractivity contribution in [3.63, 3.8) is 0 Å². The van der Waals surface area contributed by atoms with Gasteiger partial charge in [0.25, 0.3) is 5.91 Å². The van der Waals surface area contributed by atoms with Crippen LogP contribution in [0.3, 0.4) is 0 Å². The van der Waals surface area contributed by atoms with Crippen molar-refractivity contribution in [2.24, 2.45) is 0 Å². The molecule has 88 valence electrons. The lowest BCUT2D eigenvalue weighted by Gasteiger charge is -2.31. The second kappa shape index (κ2) is 4.93. The highest BCUT2D eigenvalue weighted by molar-refractivity contribution is 7.99. The van der Waals surface area contributed by atoms with Crippen LogP contribution in [0.5, 0.6) is 0 Å². The monoisotopic (exact) mass is 241 g/mol. The number of rotatable bonds is 3. The lowest BCUT2D eigenvalue weighted by Crippen LogP contribution is -2.45. The molecule has 1 aliphatic rings. The molecule has 5 heteroatoms. The summed E-state index contributed by atoms with van der Waals surface area (Å²) in [7, 11) is 0. The molecule has 0 bridgehead atoms. The van der Waals surface area contributed by atoms with Gasteiger partial charge in [-0.3, -0.25) is 4.79 Å². The molecule has 1 fully saturated rings. The molecule has 0 radical (unpaired) electrons. The number of hydrogen-bond acceptors (Lipinski definition) is 4. The summed E-state index contributed by atoms with van der Waals surface area (Å²) in [4.78, 5) is 11.6. The first-order valence-electron chi connectivity index (χ1n) is 5.31. The molecule has 16 heavy (non-hydrogen) atoms. The van der Waals surface area contributed by atoms with Crippen molar-refractivity contribution in [2.45, 2.75) is 18.4 Å². The third kappa shape index (κ3) is 2.80. The van der Waals surface area contributed by atoms with E-state index < -0.39 is 5.60 Å². The fourth-order valence-electron chi connectivity index (χ4n) is 1.67. The van der Waals surface area contributed by atoms with Crippen LogP contribution in [0, 0.1) is 0 Å². The molecule has 2 N–H and O–H groups in total. The first kappa shape index (κ1) is 11.5. The molecule has 2 heterocycles. The predicted octanol–water partition coefficient (Wildman–Crippen LogP) is 1.27. The van der Waals surface area contributed by atoms with Crippen LogP contribution >= 0.6 is 11.8 Å². The minimum absolute atomic E-state index is 0.267. The highest BCUT2D eigenvalue weighted by Gasteiger charge is 2.30. The summed E-state index contributed by atoms with van der Waals surface area (Å²) in [6, 6.07) is 3.27. The molecular weight excluding hydrogens is 226 g/mol. The lowest BCUT2D eigenvalue weighted by molar-refractivity contribution is 0.0307. The van der Waals surface area contributed by atoms with Crippen LogP contribution in [0.15, 0.2) is 22.8 Å². The lowest BCUT2D eigenvalue weighted by atomic mass is 9.97. The molecule has 1 amide bonds. The van der Waals surface area contributed by atoms with Gasteiger partial charge in [-0.25, -0.2) is 0 Å². The van der Waals surface area contributed by atoms with Crippen LogP contribution < -0.4 is 5.32 Å². The number of carbonyl (C=O) groups is 1. The number of carbonyl (C=O) groups excluding carboxylic acids is 1. The molecule has 1 aromatic rings.